The van der Waals surface area contributed by atoms with Crippen molar-refractivity contribution in [3.05, 3.63) is 53.7 Å². The summed E-state index contributed by atoms with van der Waals surface area (Å²) in [5, 5.41) is 3.43. The van der Waals surface area contributed by atoms with Crippen LogP contribution >= 0.6 is 0 Å². The Morgan fingerprint density at radius 3 is 2.57 bits per heavy atom. The maximum absolute atomic E-state index is 5.88. The summed E-state index contributed by atoms with van der Waals surface area (Å²) >= 11 is 0. The van der Waals surface area contributed by atoms with Crippen LogP contribution in [-0.4, -0.2) is 11.5 Å². The van der Waals surface area contributed by atoms with E-state index in [9.17, 15) is 0 Å². The van der Waals surface area contributed by atoms with Crippen molar-refractivity contribution in [2.75, 3.05) is 6.54 Å². The van der Waals surface area contributed by atoms with Crippen molar-refractivity contribution in [3.8, 4) is 11.6 Å². The molecule has 0 saturated heterocycles. The van der Waals surface area contributed by atoms with Gasteiger partial charge in [-0.3, -0.25) is 0 Å². The molecule has 0 aliphatic carbocycles. The number of hydrogen-bond acceptors (Lipinski definition) is 3. The van der Waals surface area contributed by atoms with Crippen molar-refractivity contribution < 1.29 is 4.74 Å². The number of hydrogen-bond donors (Lipinski definition) is 1. The minimum absolute atomic E-state index is 0.384. The van der Waals surface area contributed by atoms with Gasteiger partial charge in [-0.15, -0.1) is 0 Å². The molecule has 0 saturated carbocycles. The summed E-state index contributed by atoms with van der Waals surface area (Å²) in [6.07, 6.45) is 1.13. The molecule has 1 N–H and O–H groups in total. The molecule has 0 unspecified atom stereocenters. The van der Waals surface area contributed by atoms with E-state index in [1.165, 1.54) is 5.56 Å². The van der Waals surface area contributed by atoms with Gasteiger partial charge in [-0.2, -0.15) is 0 Å². The fourth-order valence-corrected chi connectivity index (χ4v) is 2.05. The highest BCUT2D eigenvalue weighted by molar-refractivity contribution is 5.31. The van der Waals surface area contributed by atoms with E-state index in [0.29, 0.717) is 11.8 Å². The predicted molar refractivity (Wildman–Crippen MR) is 86.8 cm³/mol. The van der Waals surface area contributed by atoms with Gasteiger partial charge in [0.25, 0.3) is 0 Å². The SMILES string of the molecule is CCCNCc1cc(Oc2ccccc2)nc(C(C)C)c1. The van der Waals surface area contributed by atoms with Crippen LogP contribution in [0.25, 0.3) is 0 Å². The van der Waals surface area contributed by atoms with E-state index in [4.69, 9.17) is 4.74 Å². The molecule has 1 aromatic carbocycles. The molecule has 2 rings (SSSR count). The van der Waals surface area contributed by atoms with Crippen LogP contribution < -0.4 is 10.1 Å². The van der Waals surface area contributed by atoms with Crippen molar-refractivity contribution >= 4 is 0 Å². The lowest BCUT2D eigenvalue weighted by Crippen LogP contribution is -2.14. The zero-order chi connectivity index (χ0) is 15.1. The predicted octanol–water partition coefficient (Wildman–Crippen LogP) is 4.50. The number of aromatic nitrogens is 1. The highest BCUT2D eigenvalue weighted by Gasteiger charge is 2.08. The lowest BCUT2D eigenvalue weighted by atomic mass is 10.1. The Kier molecular flexibility index (Phi) is 5.76. The first kappa shape index (κ1) is 15.5. The van der Waals surface area contributed by atoms with Crippen LogP contribution in [0, 0.1) is 0 Å². The number of para-hydroxylation sites is 1. The second-order valence-corrected chi connectivity index (χ2v) is 5.49. The van der Waals surface area contributed by atoms with Crippen molar-refractivity contribution in [2.24, 2.45) is 0 Å². The zero-order valence-electron chi connectivity index (χ0n) is 13.1. The molecule has 1 aromatic heterocycles. The van der Waals surface area contributed by atoms with E-state index >= 15 is 0 Å². The van der Waals surface area contributed by atoms with Gasteiger partial charge >= 0.3 is 0 Å². The maximum Gasteiger partial charge on any atom is 0.219 e. The Balaban J connectivity index is 2.18. The molecule has 0 aliphatic heterocycles. The topological polar surface area (TPSA) is 34.1 Å². The number of nitrogens with one attached hydrogen (secondary N) is 1. The summed E-state index contributed by atoms with van der Waals surface area (Å²) < 4.78 is 5.88. The summed E-state index contributed by atoms with van der Waals surface area (Å²) in [6.45, 7) is 8.34. The number of pyridine rings is 1. The van der Waals surface area contributed by atoms with Crippen LogP contribution in [0.4, 0.5) is 0 Å². The Morgan fingerprint density at radius 1 is 1.14 bits per heavy atom. The second-order valence-electron chi connectivity index (χ2n) is 5.49. The van der Waals surface area contributed by atoms with Gasteiger partial charge in [-0.25, -0.2) is 4.98 Å². The highest BCUT2D eigenvalue weighted by Crippen LogP contribution is 2.23. The van der Waals surface area contributed by atoms with Crippen LogP contribution in [-0.2, 0) is 6.54 Å². The lowest BCUT2D eigenvalue weighted by molar-refractivity contribution is 0.458. The smallest absolute Gasteiger partial charge is 0.219 e. The summed E-state index contributed by atoms with van der Waals surface area (Å²) in [5.41, 5.74) is 2.28. The van der Waals surface area contributed by atoms with Crippen molar-refractivity contribution in [3.63, 3.8) is 0 Å². The number of rotatable bonds is 7. The minimum atomic E-state index is 0.384. The van der Waals surface area contributed by atoms with Gasteiger partial charge < -0.3 is 10.1 Å². The van der Waals surface area contributed by atoms with Crippen LogP contribution in [0.3, 0.4) is 0 Å². The maximum atomic E-state index is 5.88. The van der Waals surface area contributed by atoms with E-state index < -0.39 is 0 Å². The molecular formula is C18H24N2O. The third kappa shape index (κ3) is 4.87. The average molecular weight is 284 g/mol. The molecule has 0 fully saturated rings. The Bertz CT molecular complexity index is 552. The monoisotopic (exact) mass is 284 g/mol. The fourth-order valence-electron chi connectivity index (χ4n) is 2.05. The Morgan fingerprint density at radius 2 is 1.90 bits per heavy atom. The first-order valence-electron chi connectivity index (χ1n) is 7.63. The summed E-state index contributed by atoms with van der Waals surface area (Å²) in [7, 11) is 0. The van der Waals surface area contributed by atoms with E-state index in [0.717, 1.165) is 31.0 Å². The first-order valence-corrected chi connectivity index (χ1v) is 7.63. The Labute approximate surface area is 127 Å². The van der Waals surface area contributed by atoms with Gasteiger partial charge in [-0.05, 0) is 42.6 Å². The number of nitrogens with zero attached hydrogens (tertiary/aromatic N) is 1. The first-order chi connectivity index (χ1) is 10.2. The van der Waals surface area contributed by atoms with E-state index in [1.54, 1.807) is 0 Å². The van der Waals surface area contributed by atoms with Gasteiger partial charge in [0, 0.05) is 18.3 Å². The summed E-state index contributed by atoms with van der Waals surface area (Å²) in [4.78, 5) is 4.61. The van der Waals surface area contributed by atoms with Crippen molar-refractivity contribution in [1.82, 2.24) is 10.3 Å². The van der Waals surface area contributed by atoms with Gasteiger partial charge in [0.05, 0.1) is 0 Å². The van der Waals surface area contributed by atoms with Crippen LogP contribution in [0.5, 0.6) is 11.6 Å². The lowest BCUT2D eigenvalue weighted by Gasteiger charge is -2.12. The third-order valence-corrected chi connectivity index (χ3v) is 3.19. The van der Waals surface area contributed by atoms with E-state index in [-0.39, 0.29) is 0 Å². The summed E-state index contributed by atoms with van der Waals surface area (Å²) in [5.74, 6) is 1.87. The van der Waals surface area contributed by atoms with Crippen LogP contribution in [0.1, 0.15) is 44.4 Å². The quantitative estimate of drug-likeness (QED) is 0.760. The fraction of sp³-hybridized carbons (Fsp3) is 0.389. The van der Waals surface area contributed by atoms with Gasteiger partial charge in [0.2, 0.25) is 5.88 Å². The van der Waals surface area contributed by atoms with Crippen LogP contribution in [0.2, 0.25) is 0 Å². The van der Waals surface area contributed by atoms with E-state index in [1.807, 2.05) is 36.4 Å². The molecule has 0 spiro atoms. The third-order valence-electron chi connectivity index (χ3n) is 3.19. The van der Waals surface area contributed by atoms with Crippen molar-refractivity contribution in [1.29, 1.82) is 0 Å². The molecule has 3 nitrogen and oxygen atoms in total. The van der Waals surface area contributed by atoms with Gasteiger partial charge in [0.1, 0.15) is 5.75 Å². The molecule has 21 heavy (non-hydrogen) atoms. The zero-order valence-corrected chi connectivity index (χ0v) is 13.1. The number of benzene rings is 1. The van der Waals surface area contributed by atoms with Crippen LogP contribution in [0.15, 0.2) is 42.5 Å². The average Bonchev–Trinajstić information content (AvgIpc) is 2.48. The molecule has 0 atom stereocenters. The largest absolute Gasteiger partial charge is 0.439 e. The second kappa shape index (κ2) is 7.79. The van der Waals surface area contributed by atoms with Crippen molar-refractivity contribution in [2.45, 2.75) is 39.7 Å². The Hall–Kier alpha value is -1.87. The molecule has 112 valence electrons. The molecule has 0 radical (unpaired) electrons. The molecule has 2 aromatic rings. The number of ether oxygens (including phenoxy) is 1. The standard InChI is InChI=1S/C18H24N2O/c1-4-10-19-13-15-11-17(14(2)3)20-18(12-15)21-16-8-6-5-7-9-16/h5-9,11-12,14,19H,4,10,13H2,1-3H3. The molecular weight excluding hydrogens is 260 g/mol. The normalized spacial score (nSPS) is 10.9. The molecule has 3 heteroatoms. The molecule has 0 bridgehead atoms. The molecule has 1 heterocycles. The van der Waals surface area contributed by atoms with E-state index in [2.05, 4.69) is 37.1 Å². The van der Waals surface area contributed by atoms with Gasteiger partial charge in [-0.1, -0.05) is 39.0 Å². The summed E-state index contributed by atoms with van der Waals surface area (Å²) in [6, 6.07) is 14.0. The molecule has 0 aliphatic rings. The van der Waals surface area contributed by atoms with Gasteiger partial charge in [0.15, 0.2) is 0 Å². The highest BCUT2D eigenvalue weighted by atomic mass is 16.5. The molecule has 0 amide bonds. The minimum Gasteiger partial charge on any atom is -0.439 e.